The number of halogens is 2. The Bertz CT molecular complexity index is 774. The van der Waals surface area contributed by atoms with Gasteiger partial charge in [0.15, 0.2) is 0 Å². The SMILES string of the molecule is CC1=[C]([Hf+2][C]2(n3cccc3)C=Cc3ccccc32)CC=C1.[Cl-].[Cl-]. The van der Waals surface area contributed by atoms with Crippen molar-refractivity contribution in [1.82, 2.24) is 4.57 Å². The van der Waals surface area contributed by atoms with Crippen molar-refractivity contribution in [3.8, 4) is 0 Å². The third kappa shape index (κ3) is 3.09. The maximum atomic E-state index is 2.46. The predicted molar refractivity (Wildman–Crippen MR) is 83.4 cm³/mol. The molecule has 1 atom stereocenters. The average molecular weight is 509 g/mol. The molecule has 0 aliphatic heterocycles. The quantitative estimate of drug-likeness (QED) is 0.447. The molecule has 2 aliphatic carbocycles. The molecule has 0 saturated heterocycles. The first-order valence-electron chi connectivity index (χ1n) is 7.36. The number of aromatic nitrogens is 1. The van der Waals surface area contributed by atoms with Gasteiger partial charge in [0.1, 0.15) is 0 Å². The van der Waals surface area contributed by atoms with E-state index in [-0.39, 0.29) is 28.1 Å². The van der Waals surface area contributed by atoms with Gasteiger partial charge >= 0.3 is 137 Å². The van der Waals surface area contributed by atoms with Gasteiger partial charge in [-0.1, -0.05) is 0 Å². The first-order chi connectivity index (χ1) is 10.3. The minimum atomic E-state index is -1.08. The van der Waals surface area contributed by atoms with Crippen LogP contribution in [0.5, 0.6) is 0 Å². The smallest absolute Gasteiger partial charge is 1.00 e. The Hall–Kier alpha value is -0.830. The standard InChI is InChI=1S/C13H10N.C6H7.2ClH.Hf/c1-2-6-12-11(5-1)7-8-13(12)14-9-3-4-10-14;1-6-4-2-3-5-6;;;/h1-10H;2,4H,3H2,1H3;2*1H;/q;;;;+2/p-2. The van der Waals surface area contributed by atoms with Gasteiger partial charge in [-0.25, -0.2) is 0 Å². The van der Waals surface area contributed by atoms with Crippen LogP contribution < -0.4 is 24.8 Å². The Morgan fingerprint density at radius 1 is 1.00 bits per heavy atom. The van der Waals surface area contributed by atoms with Gasteiger partial charge in [0, 0.05) is 0 Å². The van der Waals surface area contributed by atoms with Crippen LogP contribution in [0.15, 0.2) is 75.9 Å². The molecule has 0 saturated carbocycles. The second-order valence-corrected chi connectivity index (χ2v) is 11.5. The molecule has 4 rings (SSSR count). The molecule has 1 unspecified atom stereocenters. The van der Waals surface area contributed by atoms with Crippen molar-refractivity contribution >= 4 is 6.08 Å². The monoisotopic (exact) mass is 509 g/mol. The van der Waals surface area contributed by atoms with Crippen molar-refractivity contribution in [2.75, 3.05) is 0 Å². The summed E-state index contributed by atoms with van der Waals surface area (Å²) in [6.07, 6.45) is 15.0. The van der Waals surface area contributed by atoms with Crippen LogP contribution in [0.25, 0.3) is 6.08 Å². The number of allylic oxidation sites excluding steroid dienone is 5. The summed E-state index contributed by atoms with van der Waals surface area (Å²) in [4.78, 5) is 0. The van der Waals surface area contributed by atoms with E-state index in [1.54, 1.807) is 3.33 Å². The Kier molecular flexibility index (Phi) is 5.94. The second-order valence-electron chi connectivity index (χ2n) is 5.67. The van der Waals surface area contributed by atoms with Crippen molar-refractivity contribution in [1.29, 1.82) is 0 Å². The van der Waals surface area contributed by atoms with Gasteiger partial charge in [-0.15, -0.1) is 0 Å². The molecule has 0 spiro atoms. The zero-order valence-corrected chi connectivity index (χ0v) is 17.9. The average Bonchev–Trinajstić information content (AvgIpc) is 3.22. The summed E-state index contributed by atoms with van der Waals surface area (Å²) in [7, 11) is 0. The van der Waals surface area contributed by atoms with Crippen LogP contribution in [-0.4, -0.2) is 4.57 Å². The normalized spacial score (nSPS) is 20.7. The Labute approximate surface area is 161 Å². The number of benzene rings is 1. The summed E-state index contributed by atoms with van der Waals surface area (Å²) in [5.41, 5.74) is 4.40. The van der Waals surface area contributed by atoms with Crippen LogP contribution >= 0.6 is 0 Å². The molecular weight excluding hydrogens is 492 g/mol. The molecule has 1 aromatic carbocycles. The van der Waals surface area contributed by atoms with Gasteiger partial charge in [-0.05, 0) is 0 Å². The Morgan fingerprint density at radius 3 is 2.43 bits per heavy atom. The summed E-state index contributed by atoms with van der Waals surface area (Å²) >= 11 is -1.08. The molecule has 1 aromatic heterocycles. The summed E-state index contributed by atoms with van der Waals surface area (Å²) in [6, 6.07) is 13.2. The van der Waals surface area contributed by atoms with Crippen molar-refractivity contribution in [2.45, 2.75) is 16.6 Å². The fourth-order valence-corrected chi connectivity index (χ4v) is 9.60. The van der Waals surface area contributed by atoms with E-state index in [1.165, 1.54) is 23.1 Å². The molecular formula is C19H17Cl2HfN. The summed E-state index contributed by atoms with van der Waals surface area (Å²) in [5.74, 6) is 0. The molecule has 0 bridgehead atoms. The topological polar surface area (TPSA) is 4.93 Å². The molecule has 0 amide bonds. The van der Waals surface area contributed by atoms with Gasteiger partial charge in [0.05, 0.1) is 0 Å². The van der Waals surface area contributed by atoms with Crippen LogP contribution in [0, 0.1) is 0 Å². The van der Waals surface area contributed by atoms with Crippen molar-refractivity contribution in [2.24, 2.45) is 0 Å². The van der Waals surface area contributed by atoms with Crippen molar-refractivity contribution in [3.05, 3.63) is 87.0 Å². The maximum Gasteiger partial charge on any atom is -1.00 e. The number of fused-ring (bicyclic) bond motifs is 1. The summed E-state index contributed by atoms with van der Waals surface area (Å²) in [6.45, 7) is 2.28. The Balaban J connectivity index is 0.000000960. The molecule has 0 radical (unpaired) electrons. The molecule has 1 nitrogen and oxygen atoms in total. The van der Waals surface area contributed by atoms with Gasteiger partial charge in [-0.2, -0.15) is 0 Å². The van der Waals surface area contributed by atoms with E-state index in [4.69, 9.17) is 0 Å². The third-order valence-corrected chi connectivity index (χ3v) is 11.5. The van der Waals surface area contributed by atoms with E-state index in [1.807, 2.05) is 0 Å². The molecule has 2 aliphatic rings. The predicted octanol–water partition coefficient (Wildman–Crippen LogP) is -1.46. The second kappa shape index (κ2) is 7.38. The van der Waals surface area contributed by atoms with E-state index in [0.717, 1.165) is 0 Å². The van der Waals surface area contributed by atoms with Gasteiger partial charge < -0.3 is 24.8 Å². The number of nitrogens with zero attached hydrogens (tertiary/aromatic N) is 1. The van der Waals surface area contributed by atoms with Crippen molar-refractivity contribution in [3.63, 3.8) is 0 Å². The Morgan fingerprint density at radius 2 is 1.74 bits per heavy atom. The molecule has 4 heteroatoms. The number of hydrogen-bond acceptors (Lipinski definition) is 0. The van der Waals surface area contributed by atoms with Gasteiger partial charge in [0.2, 0.25) is 0 Å². The molecule has 2 aromatic rings. The zero-order chi connectivity index (χ0) is 14.3. The van der Waals surface area contributed by atoms with Gasteiger partial charge in [-0.3, -0.25) is 0 Å². The van der Waals surface area contributed by atoms with Crippen LogP contribution in [0.1, 0.15) is 24.5 Å². The fourth-order valence-electron chi connectivity index (χ4n) is 3.25. The molecule has 0 N–H and O–H groups in total. The van der Waals surface area contributed by atoms with E-state index >= 15 is 0 Å². The molecule has 1 heterocycles. The molecule has 0 fully saturated rings. The van der Waals surface area contributed by atoms with E-state index in [0.29, 0.717) is 0 Å². The number of rotatable bonds is 3. The van der Waals surface area contributed by atoms with Crippen LogP contribution in [-0.2, 0) is 26.2 Å². The summed E-state index contributed by atoms with van der Waals surface area (Å²) in [5, 5.41) is 0. The molecule has 23 heavy (non-hydrogen) atoms. The summed E-state index contributed by atoms with van der Waals surface area (Å²) < 4.78 is 4.31. The number of hydrogen-bond donors (Lipinski definition) is 0. The minimum absolute atomic E-state index is 0. The van der Waals surface area contributed by atoms with Gasteiger partial charge in [0.25, 0.3) is 0 Å². The van der Waals surface area contributed by atoms with Crippen LogP contribution in [0.3, 0.4) is 0 Å². The first kappa shape index (κ1) is 18.5. The van der Waals surface area contributed by atoms with E-state index in [9.17, 15) is 0 Å². The van der Waals surface area contributed by atoms with E-state index in [2.05, 4.69) is 84.6 Å². The molecule has 116 valence electrons. The van der Waals surface area contributed by atoms with Crippen LogP contribution in [0.4, 0.5) is 0 Å². The largest absolute Gasteiger partial charge is 1.00 e. The first-order valence-corrected chi connectivity index (χ1v) is 11.0. The fraction of sp³-hybridized carbons (Fsp3) is 0.158. The van der Waals surface area contributed by atoms with E-state index < -0.39 is 22.9 Å². The van der Waals surface area contributed by atoms with Crippen LogP contribution in [0.2, 0.25) is 0 Å². The third-order valence-electron chi connectivity index (χ3n) is 4.39. The minimum Gasteiger partial charge on any atom is -1.00 e. The van der Waals surface area contributed by atoms with Crippen molar-refractivity contribution < 1.29 is 47.7 Å². The zero-order valence-electron chi connectivity index (χ0n) is 12.8. The maximum absolute atomic E-state index is 2.46.